The van der Waals surface area contributed by atoms with Crippen LogP contribution in [0.3, 0.4) is 0 Å². The number of hydrogen-bond acceptors (Lipinski definition) is 2. The molecule has 0 saturated heterocycles. The zero-order valence-electron chi connectivity index (χ0n) is 15.0. The van der Waals surface area contributed by atoms with E-state index in [4.69, 9.17) is 0 Å². The summed E-state index contributed by atoms with van der Waals surface area (Å²) in [6.07, 6.45) is 14.1. The maximum absolute atomic E-state index is 11.9. The van der Waals surface area contributed by atoms with Crippen molar-refractivity contribution in [3.05, 3.63) is 11.6 Å². The lowest BCUT2D eigenvalue weighted by Gasteiger charge is -2.63. The molecular formula is C21H34O2. The molecule has 0 aliphatic heterocycles. The molecule has 0 spiro atoms. The fourth-order valence-electron chi connectivity index (χ4n) is 7.43. The molecule has 0 unspecified atom stereocenters. The van der Waals surface area contributed by atoms with Gasteiger partial charge in [0.1, 0.15) is 0 Å². The topological polar surface area (TPSA) is 40.5 Å². The van der Waals surface area contributed by atoms with Crippen molar-refractivity contribution in [2.45, 2.75) is 83.7 Å². The van der Waals surface area contributed by atoms with Gasteiger partial charge in [0.15, 0.2) is 0 Å². The molecule has 0 amide bonds. The highest BCUT2D eigenvalue weighted by Crippen LogP contribution is 2.68. The fourth-order valence-corrected chi connectivity index (χ4v) is 7.43. The fraction of sp³-hybridized carbons (Fsp3) is 0.905. The first-order valence-corrected chi connectivity index (χ1v) is 9.98. The molecular weight excluding hydrogens is 284 g/mol. The van der Waals surface area contributed by atoms with Crippen molar-refractivity contribution in [1.82, 2.24) is 0 Å². The summed E-state index contributed by atoms with van der Waals surface area (Å²) in [6, 6.07) is 0. The van der Waals surface area contributed by atoms with Gasteiger partial charge in [0.05, 0.1) is 5.60 Å². The van der Waals surface area contributed by atoms with Gasteiger partial charge in [-0.3, -0.25) is 0 Å². The average molecular weight is 319 g/mol. The summed E-state index contributed by atoms with van der Waals surface area (Å²) in [5, 5.41) is 21.4. The summed E-state index contributed by atoms with van der Waals surface area (Å²) in [7, 11) is 0. The number of aliphatic hydroxyl groups is 2. The summed E-state index contributed by atoms with van der Waals surface area (Å²) < 4.78 is 0. The first-order valence-electron chi connectivity index (χ1n) is 9.98. The molecule has 0 aromatic rings. The zero-order valence-corrected chi connectivity index (χ0v) is 15.0. The molecule has 2 heteroatoms. The van der Waals surface area contributed by atoms with Crippen LogP contribution in [0.25, 0.3) is 0 Å². The average Bonchev–Trinajstić information content (AvgIpc) is 2.86. The molecule has 23 heavy (non-hydrogen) atoms. The van der Waals surface area contributed by atoms with Crippen LogP contribution in [0, 0.1) is 28.6 Å². The molecule has 6 atom stereocenters. The van der Waals surface area contributed by atoms with E-state index in [-0.39, 0.29) is 5.41 Å². The van der Waals surface area contributed by atoms with E-state index in [0.29, 0.717) is 29.8 Å². The van der Waals surface area contributed by atoms with Crippen LogP contribution < -0.4 is 0 Å². The zero-order chi connectivity index (χ0) is 16.3. The van der Waals surface area contributed by atoms with Crippen LogP contribution in [0.1, 0.15) is 78.1 Å². The van der Waals surface area contributed by atoms with Crippen LogP contribution in [0.4, 0.5) is 0 Å². The molecule has 3 fully saturated rings. The van der Waals surface area contributed by atoms with Crippen molar-refractivity contribution in [1.29, 1.82) is 0 Å². The third kappa shape index (κ3) is 2.00. The van der Waals surface area contributed by atoms with E-state index in [2.05, 4.69) is 19.9 Å². The number of rotatable bonds is 2. The van der Waals surface area contributed by atoms with E-state index in [1.54, 1.807) is 5.57 Å². The first kappa shape index (κ1) is 16.1. The lowest BCUT2D eigenvalue weighted by Crippen LogP contribution is -2.62. The summed E-state index contributed by atoms with van der Waals surface area (Å²) in [6.45, 7) is 5.17. The Morgan fingerprint density at radius 1 is 1.09 bits per heavy atom. The molecule has 3 saturated carbocycles. The molecule has 0 aromatic heterocycles. The lowest BCUT2D eigenvalue weighted by molar-refractivity contribution is -0.192. The van der Waals surface area contributed by atoms with Crippen LogP contribution in [-0.4, -0.2) is 22.4 Å². The quantitative estimate of drug-likeness (QED) is 0.738. The number of aliphatic hydroxyl groups excluding tert-OH is 1. The third-order valence-electron chi connectivity index (χ3n) is 8.89. The normalized spacial score (nSPS) is 52.3. The monoisotopic (exact) mass is 318 g/mol. The summed E-state index contributed by atoms with van der Waals surface area (Å²) in [5.74, 6) is 1.81. The van der Waals surface area contributed by atoms with E-state index in [9.17, 15) is 10.2 Å². The predicted octanol–water partition coefficient (Wildman–Crippen LogP) is 4.45. The molecule has 2 N–H and O–H groups in total. The highest BCUT2D eigenvalue weighted by atomic mass is 16.3. The maximum atomic E-state index is 11.9. The Morgan fingerprint density at radius 3 is 2.70 bits per heavy atom. The summed E-state index contributed by atoms with van der Waals surface area (Å²) >= 11 is 0. The van der Waals surface area contributed by atoms with E-state index < -0.39 is 5.60 Å². The van der Waals surface area contributed by atoms with Crippen LogP contribution in [0.5, 0.6) is 0 Å². The summed E-state index contributed by atoms with van der Waals surface area (Å²) in [5.41, 5.74) is 1.47. The van der Waals surface area contributed by atoms with Gasteiger partial charge in [0.25, 0.3) is 0 Å². The van der Waals surface area contributed by atoms with Crippen molar-refractivity contribution in [3.8, 4) is 0 Å². The van der Waals surface area contributed by atoms with Gasteiger partial charge in [-0.25, -0.2) is 0 Å². The second-order valence-corrected chi connectivity index (χ2v) is 9.42. The van der Waals surface area contributed by atoms with Crippen molar-refractivity contribution < 1.29 is 10.2 Å². The first-order chi connectivity index (χ1) is 11.0. The Hall–Kier alpha value is -0.340. The summed E-state index contributed by atoms with van der Waals surface area (Å²) in [4.78, 5) is 0. The van der Waals surface area contributed by atoms with Crippen molar-refractivity contribution in [2.24, 2.45) is 28.6 Å². The largest absolute Gasteiger partial charge is 0.396 e. The Labute approximate surface area is 141 Å². The predicted molar refractivity (Wildman–Crippen MR) is 93.0 cm³/mol. The highest BCUT2D eigenvalue weighted by Gasteiger charge is 2.65. The minimum absolute atomic E-state index is 0.0323. The Bertz CT molecular complexity index is 512. The molecule has 4 rings (SSSR count). The smallest absolute Gasteiger partial charge is 0.0769 e. The van der Waals surface area contributed by atoms with Gasteiger partial charge in [-0.15, -0.1) is 0 Å². The molecule has 2 nitrogen and oxygen atoms in total. The molecule has 0 aromatic carbocycles. The minimum Gasteiger partial charge on any atom is -0.396 e. The molecule has 0 heterocycles. The second-order valence-electron chi connectivity index (χ2n) is 9.42. The molecule has 0 radical (unpaired) electrons. The number of allylic oxidation sites excluding steroid dienone is 1. The van der Waals surface area contributed by atoms with Crippen molar-refractivity contribution >= 4 is 0 Å². The van der Waals surface area contributed by atoms with E-state index in [0.717, 1.165) is 19.3 Å². The number of hydrogen-bond donors (Lipinski definition) is 2. The highest BCUT2D eigenvalue weighted by molar-refractivity contribution is 5.29. The molecule has 4 aliphatic rings. The molecule has 0 bridgehead atoms. The van der Waals surface area contributed by atoms with E-state index >= 15 is 0 Å². The van der Waals surface area contributed by atoms with E-state index in [1.165, 1.54) is 44.9 Å². The lowest BCUT2D eigenvalue weighted by atomic mass is 9.44. The SMILES string of the molecule is C[C@]12CC[C@@]3(O)[C@@H](CCC4=CCCC[C@@]43C)[C@@H]1CC[C@@H]2CCO. The van der Waals surface area contributed by atoms with Gasteiger partial charge in [-0.05, 0) is 87.4 Å². The van der Waals surface area contributed by atoms with Gasteiger partial charge in [-0.1, -0.05) is 25.5 Å². The van der Waals surface area contributed by atoms with E-state index in [1.807, 2.05) is 0 Å². The third-order valence-corrected chi connectivity index (χ3v) is 8.89. The Kier molecular flexibility index (Phi) is 3.74. The van der Waals surface area contributed by atoms with Crippen molar-refractivity contribution in [3.63, 3.8) is 0 Å². The van der Waals surface area contributed by atoms with Crippen LogP contribution in [-0.2, 0) is 0 Å². The maximum Gasteiger partial charge on any atom is 0.0769 e. The van der Waals surface area contributed by atoms with Crippen LogP contribution in [0.2, 0.25) is 0 Å². The van der Waals surface area contributed by atoms with Crippen LogP contribution in [0.15, 0.2) is 11.6 Å². The second kappa shape index (κ2) is 5.33. The molecule has 4 aliphatic carbocycles. The Balaban J connectivity index is 1.69. The van der Waals surface area contributed by atoms with Gasteiger partial charge in [-0.2, -0.15) is 0 Å². The Morgan fingerprint density at radius 2 is 1.91 bits per heavy atom. The minimum atomic E-state index is -0.476. The molecule has 130 valence electrons. The van der Waals surface area contributed by atoms with Gasteiger partial charge in [0.2, 0.25) is 0 Å². The van der Waals surface area contributed by atoms with Crippen molar-refractivity contribution in [2.75, 3.05) is 6.61 Å². The number of fused-ring (bicyclic) bond motifs is 5. The van der Waals surface area contributed by atoms with Gasteiger partial charge >= 0.3 is 0 Å². The van der Waals surface area contributed by atoms with Gasteiger partial charge in [0, 0.05) is 12.0 Å². The standard InChI is InChI=1S/C21H34O2/c1-19-12-13-21(23)18(17(19)8-6-15(19)10-14-22)9-7-16-5-3-4-11-20(16,21)2/h5,15,17-18,22-23H,3-4,6-14H2,1-2H3/t15-,17+,18+,19-,20+,21-/m1/s1. The van der Waals surface area contributed by atoms with Crippen LogP contribution >= 0.6 is 0 Å². The van der Waals surface area contributed by atoms with Gasteiger partial charge < -0.3 is 10.2 Å².